The van der Waals surface area contributed by atoms with Crippen molar-refractivity contribution in [1.29, 1.82) is 0 Å². The maximum Gasteiger partial charge on any atom is 0.264 e. The number of hydrogen-bond acceptors (Lipinski definition) is 4. The van der Waals surface area contributed by atoms with Crippen LogP contribution in [0.5, 0.6) is 0 Å². The average Bonchev–Trinajstić information content (AvgIpc) is 2.89. The van der Waals surface area contributed by atoms with Gasteiger partial charge in [0.1, 0.15) is 6.54 Å². The number of rotatable bonds is 8. The topological polar surface area (TPSA) is 95.6 Å². The molecule has 0 heterocycles. The minimum absolute atomic E-state index is 0.0843. The molecule has 0 bridgehead atoms. The molecular weight excluding hydrogens is 554 g/mol. The summed E-state index contributed by atoms with van der Waals surface area (Å²) in [4.78, 5) is 26.3. The van der Waals surface area contributed by atoms with Crippen molar-refractivity contribution in [3.8, 4) is 0 Å². The first-order valence-corrected chi connectivity index (χ1v) is 14.5. The first-order valence-electron chi connectivity index (χ1n) is 12.3. The van der Waals surface area contributed by atoms with E-state index in [9.17, 15) is 18.0 Å². The summed E-state index contributed by atoms with van der Waals surface area (Å²) in [7, 11) is -4.04. The molecule has 2 amide bonds. The molecule has 9 heteroatoms. The van der Waals surface area contributed by atoms with E-state index >= 15 is 0 Å². The number of anilines is 2. The van der Waals surface area contributed by atoms with Crippen LogP contribution in [0.3, 0.4) is 0 Å². The number of hydrogen-bond donors (Lipinski definition) is 2. The molecule has 3 aromatic rings. The van der Waals surface area contributed by atoms with E-state index in [4.69, 9.17) is 0 Å². The zero-order valence-electron chi connectivity index (χ0n) is 20.6. The molecule has 1 fully saturated rings. The molecule has 0 aliphatic heterocycles. The lowest BCUT2D eigenvalue weighted by Gasteiger charge is -2.25. The van der Waals surface area contributed by atoms with Crippen molar-refractivity contribution in [2.45, 2.75) is 50.0 Å². The molecule has 3 aromatic carbocycles. The third-order valence-corrected chi connectivity index (χ3v) is 8.71. The number of amides is 2. The Kier molecular flexibility index (Phi) is 8.66. The van der Waals surface area contributed by atoms with E-state index in [1.807, 2.05) is 6.92 Å². The Bertz CT molecular complexity index is 1350. The fourth-order valence-electron chi connectivity index (χ4n) is 4.38. The van der Waals surface area contributed by atoms with Crippen LogP contribution in [0.25, 0.3) is 0 Å². The van der Waals surface area contributed by atoms with Crippen LogP contribution >= 0.6 is 15.9 Å². The van der Waals surface area contributed by atoms with Gasteiger partial charge in [0.2, 0.25) is 5.91 Å². The van der Waals surface area contributed by atoms with Crippen LogP contribution in [0.15, 0.2) is 82.2 Å². The quantitative estimate of drug-likeness (QED) is 0.358. The summed E-state index contributed by atoms with van der Waals surface area (Å²) in [6.07, 6.45) is 5.24. The molecular formula is C28H30BrN3O4S. The Labute approximate surface area is 226 Å². The van der Waals surface area contributed by atoms with Gasteiger partial charge in [0, 0.05) is 10.5 Å². The summed E-state index contributed by atoms with van der Waals surface area (Å²) >= 11 is 3.36. The number of benzene rings is 3. The molecule has 0 saturated heterocycles. The molecule has 1 aliphatic carbocycles. The lowest BCUT2D eigenvalue weighted by Crippen LogP contribution is -2.39. The molecule has 37 heavy (non-hydrogen) atoms. The predicted octanol–water partition coefficient (Wildman–Crippen LogP) is 5.65. The molecule has 0 unspecified atom stereocenters. The largest absolute Gasteiger partial charge is 0.349 e. The van der Waals surface area contributed by atoms with Gasteiger partial charge in [0.15, 0.2) is 0 Å². The summed E-state index contributed by atoms with van der Waals surface area (Å²) in [5.41, 5.74) is 1.96. The van der Waals surface area contributed by atoms with Crippen molar-refractivity contribution in [2.75, 3.05) is 16.2 Å². The summed E-state index contributed by atoms with van der Waals surface area (Å²) in [6, 6.07) is 20.1. The summed E-state index contributed by atoms with van der Waals surface area (Å²) in [5.74, 6) is -0.809. The first kappa shape index (κ1) is 26.9. The average molecular weight is 585 g/mol. The first-order chi connectivity index (χ1) is 17.7. The standard InChI is InChI=1S/C28H30BrN3O4S/c1-20-11-17-24(18-12-20)37(35,36)32(23-15-13-21(29)14-16-23)19-27(33)31-26-10-6-5-9-25(26)28(34)30-22-7-3-2-4-8-22/h5-6,9-18,22H,2-4,7-8,19H2,1H3,(H,30,34)(H,31,33). The highest BCUT2D eigenvalue weighted by atomic mass is 79.9. The molecule has 0 aromatic heterocycles. The molecule has 194 valence electrons. The van der Waals surface area contributed by atoms with Crippen LogP contribution in [-0.4, -0.2) is 32.8 Å². The number of nitrogens with zero attached hydrogens (tertiary/aromatic N) is 1. The SMILES string of the molecule is Cc1ccc(S(=O)(=O)N(CC(=O)Nc2ccccc2C(=O)NC2CCCCC2)c2ccc(Br)cc2)cc1. The van der Waals surface area contributed by atoms with Crippen LogP contribution in [0, 0.1) is 6.92 Å². The normalized spacial score (nSPS) is 14.1. The molecule has 1 saturated carbocycles. The summed E-state index contributed by atoms with van der Waals surface area (Å²) in [6.45, 7) is 1.41. The Morgan fingerprint density at radius 1 is 0.919 bits per heavy atom. The van der Waals surface area contributed by atoms with E-state index in [1.54, 1.807) is 60.7 Å². The molecule has 7 nitrogen and oxygen atoms in total. The van der Waals surface area contributed by atoms with Gasteiger partial charge < -0.3 is 10.6 Å². The Balaban J connectivity index is 1.57. The smallest absolute Gasteiger partial charge is 0.264 e. The monoisotopic (exact) mass is 583 g/mol. The minimum Gasteiger partial charge on any atom is -0.349 e. The molecule has 1 aliphatic rings. The lowest BCUT2D eigenvalue weighted by atomic mass is 9.95. The lowest BCUT2D eigenvalue weighted by molar-refractivity contribution is -0.114. The number of para-hydroxylation sites is 1. The van der Waals surface area contributed by atoms with E-state index in [1.165, 1.54) is 18.6 Å². The molecule has 4 rings (SSSR count). The molecule has 0 atom stereocenters. The van der Waals surface area contributed by atoms with Crippen molar-refractivity contribution < 1.29 is 18.0 Å². The van der Waals surface area contributed by atoms with Crippen molar-refractivity contribution in [1.82, 2.24) is 5.32 Å². The second kappa shape index (κ2) is 11.9. The van der Waals surface area contributed by atoms with Gasteiger partial charge in [0.25, 0.3) is 15.9 Å². The highest BCUT2D eigenvalue weighted by Crippen LogP contribution is 2.26. The van der Waals surface area contributed by atoms with E-state index < -0.39 is 22.5 Å². The number of halogens is 1. The van der Waals surface area contributed by atoms with Gasteiger partial charge in [-0.1, -0.05) is 65.0 Å². The van der Waals surface area contributed by atoms with E-state index in [0.29, 0.717) is 16.9 Å². The number of aryl methyl sites for hydroxylation is 1. The van der Waals surface area contributed by atoms with Gasteiger partial charge in [-0.25, -0.2) is 8.42 Å². The predicted molar refractivity (Wildman–Crippen MR) is 149 cm³/mol. The van der Waals surface area contributed by atoms with E-state index in [2.05, 4.69) is 26.6 Å². The summed E-state index contributed by atoms with van der Waals surface area (Å²) in [5, 5.41) is 5.83. The summed E-state index contributed by atoms with van der Waals surface area (Å²) < 4.78 is 29.0. The van der Waals surface area contributed by atoms with Crippen LogP contribution in [0.4, 0.5) is 11.4 Å². The highest BCUT2D eigenvalue weighted by Gasteiger charge is 2.28. The Morgan fingerprint density at radius 2 is 1.57 bits per heavy atom. The van der Waals surface area contributed by atoms with Gasteiger partial charge in [-0.3, -0.25) is 13.9 Å². The maximum atomic E-state index is 13.6. The third-order valence-electron chi connectivity index (χ3n) is 6.40. The highest BCUT2D eigenvalue weighted by molar-refractivity contribution is 9.10. The molecule has 2 N–H and O–H groups in total. The van der Waals surface area contributed by atoms with Crippen LogP contribution in [0.2, 0.25) is 0 Å². The molecule has 0 spiro atoms. The van der Waals surface area contributed by atoms with E-state index in [-0.39, 0.29) is 16.8 Å². The Morgan fingerprint density at radius 3 is 2.24 bits per heavy atom. The zero-order chi connectivity index (χ0) is 26.4. The van der Waals surface area contributed by atoms with Crippen molar-refractivity contribution in [2.24, 2.45) is 0 Å². The van der Waals surface area contributed by atoms with Crippen LogP contribution in [0.1, 0.15) is 48.0 Å². The Hall–Kier alpha value is -3.17. The fourth-order valence-corrected chi connectivity index (χ4v) is 6.07. The van der Waals surface area contributed by atoms with Gasteiger partial charge in [-0.05, 0) is 68.3 Å². The number of nitrogens with one attached hydrogen (secondary N) is 2. The number of carbonyl (C=O) groups is 2. The second-order valence-corrected chi connectivity index (χ2v) is 12.0. The second-order valence-electron chi connectivity index (χ2n) is 9.20. The number of carbonyl (C=O) groups excluding carboxylic acids is 2. The third kappa shape index (κ3) is 6.78. The van der Waals surface area contributed by atoms with Gasteiger partial charge in [0.05, 0.1) is 21.8 Å². The van der Waals surface area contributed by atoms with E-state index in [0.717, 1.165) is 40.0 Å². The zero-order valence-corrected chi connectivity index (χ0v) is 23.0. The van der Waals surface area contributed by atoms with Crippen molar-refractivity contribution in [3.63, 3.8) is 0 Å². The fraction of sp³-hybridized carbons (Fsp3) is 0.286. The number of sulfonamides is 1. The van der Waals surface area contributed by atoms with Gasteiger partial charge >= 0.3 is 0 Å². The minimum atomic E-state index is -4.04. The van der Waals surface area contributed by atoms with Gasteiger partial charge in [-0.15, -0.1) is 0 Å². The molecule has 0 radical (unpaired) electrons. The van der Waals surface area contributed by atoms with Gasteiger partial charge in [-0.2, -0.15) is 0 Å². The maximum absolute atomic E-state index is 13.6. The van der Waals surface area contributed by atoms with Crippen molar-refractivity contribution >= 4 is 49.1 Å². The van der Waals surface area contributed by atoms with Crippen molar-refractivity contribution in [3.05, 3.63) is 88.4 Å². The van der Waals surface area contributed by atoms with Crippen LogP contribution in [-0.2, 0) is 14.8 Å². The van der Waals surface area contributed by atoms with Crippen LogP contribution < -0.4 is 14.9 Å².